The molecule has 0 spiro atoms. The zero-order valence-corrected chi connectivity index (χ0v) is 9.03. The van der Waals surface area contributed by atoms with Gasteiger partial charge < -0.3 is 9.84 Å². The Bertz CT molecular complexity index is 278. The molecule has 1 unspecified atom stereocenters. The first-order valence-electron chi connectivity index (χ1n) is 4.68. The molecule has 4 heteroatoms. The van der Waals surface area contributed by atoms with Gasteiger partial charge in [0.15, 0.2) is 0 Å². The van der Waals surface area contributed by atoms with Crippen molar-refractivity contribution in [2.45, 2.75) is 26.7 Å². The number of carbonyl (C=O) groups is 2. The Balaban J connectivity index is 3.89. The van der Waals surface area contributed by atoms with E-state index in [4.69, 9.17) is 9.84 Å². The Morgan fingerprint density at radius 1 is 1.53 bits per heavy atom. The highest BCUT2D eigenvalue weighted by molar-refractivity contribution is 5.74. The van der Waals surface area contributed by atoms with Crippen LogP contribution in [0, 0.1) is 5.92 Å². The molecule has 0 aromatic rings. The monoisotopic (exact) mass is 212 g/mol. The normalized spacial score (nSPS) is 12.4. The number of esters is 1. The van der Waals surface area contributed by atoms with Crippen molar-refractivity contribution in [1.82, 2.24) is 0 Å². The number of carbonyl (C=O) groups excluding carboxylic acids is 1. The second kappa shape index (κ2) is 6.81. The van der Waals surface area contributed by atoms with Gasteiger partial charge in [-0.1, -0.05) is 19.1 Å². The molecule has 0 heterocycles. The molecule has 84 valence electrons. The number of ether oxygens (including phenoxy) is 1. The van der Waals surface area contributed by atoms with Gasteiger partial charge in [0, 0.05) is 6.42 Å². The highest BCUT2D eigenvalue weighted by Crippen LogP contribution is 2.08. The summed E-state index contributed by atoms with van der Waals surface area (Å²) in [6, 6.07) is 0. The topological polar surface area (TPSA) is 63.6 Å². The van der Waals surface area contributed by atoms with Gasteiger partial charge in [-0.2, -0.15) is 0 Å². The minimum Gasteiger partial charge on any atom is -0.481 e. The molecule has 1 N–H and O–H groups in total. The van der Waals surface area contributed by atoms with Crippen molar-refractivity contribution in [2.75, 3.05) is 0 Å². The van der Waals surface area contributed by atoms with Gasteiger partial charge in [0.2, 0.25) is 0 Å². The molecule has 0 amide bonds. The second-order valence-corrected chi connectivity index (χ2v) is 3.42. The van der Waals surface area contributed by atoms with Crippen LogP contribution in [-0.2, 0) is 14.3 Å². The lowest BCUT2D eigenvalue weighted by atomic mass is 10.1. The Kier molecular flexibility index (Phi) is 6.09. The fraction of sp³-hybridized carbons (Fsp3) is 0.455. The van der Waals surface area contributed by atoms with Gasteiger partial charge in [-0.05, 0) is 19.4 Å². The van der Waals surface area contributed by atoms with E-state index in [9.17, 15) is 9.59 Å². The second-order valence-electron chi connectivity index (χ2n) is 3.42. The summed E-state index contributed by atoms with van der Waals surface area (Å²) in [4.78, 5) is 21.5. The quantitative estimate of drug-likeness (QED) is 0.416. The van der Waals surface area contributed by atoms with E-state index in [2.05, 4.69) is 6.58 Å². The third-order valence-corrected chi connectivity index (χ3v) is 1.73. The summed E-state index contributed by atoms with van der Waals surface area (Å²) in [5.74, 6) is -1.74. The Labute approximate surface area is 89.2 Å². The summed E-state index contributed by atoms with van der Waals surface area (Å²) in [7, 11) is 0. The number of carboxylic acids is 1. The molecule has 0 saturated carbocycles. The van der Waals surface area contributed by atoms with Gasteiger partial charge in [0.25, 0.3) is 0 Å². The van der Waals surface area contributed by atoms with Crippen molar-refractivity contribution in [3.8, 4) is 0 Å². The van der Waals surface area contributed by atoms with E-state index in [-0.39, 0.29) is 12.8 Å². The van der Waals surface area contributed by atoms with Crippen molar-refractivity contribution in [1.29, 1.82) is 0 Å². The predicted octanol–water partition coefficient (Wildman–Crippen LogP) is 2.12. The summed E-state index contributed by atoms with van der Waals surface area (Å²) in [5.41, 5.74) is 0.779. The van der Waals surface area contributed by atoms with E-state index in [0.29, 0.717) is 0 Å². The third kappa shape index (κ3) is 7.49. The highest BCUT2D eigenvalue weighted by Gasteiger charge is 2.14. The molecule has 0 radical (unpaired) electrons. The van der Waals surface area contributed by atoms with Crippen LogP contribution in [0.1, 0.15) is 26.7 Å². The van der Waals surface area contributed by atoms with E-state index in [1.54, 1.807) is 19.9 Å². The van der Waals surface area contributed by atoms with Crippen LogP contribution in [0.4, 0.5) is 0 Å². The number of carboxylic acid groups (broad SMARTS) is 1. The highest BCUT2D eigenvalue weighted by atomic mass is 16.5. The Hall–Kier alpha value is -1.58. The maximum absolute atomic E-state index is 11.2. The average Bonchev–Trinajstić information content (AvgIpc) is 2.13. The minimum atomic E-state index is -0.910. The number of aliphatic carboxylic acids is 1. The fourth-order valence-corrected chi connectivity index (χ4v) is 0.791. The summed E-state index contributed by atoms with van der Waals surface area (Å²) >= 11 is 0. The largest absolute Gasteiger partial charge is 0.481 e. The molecule has 15 heavy (non-hydrogen) atoms. The van der Waals surface area contributed by atoms with Crippen LogP contribution < -0.4 is 0 Å². The molecule has 0 aliphatic rings. The molecule has 0 aromatic carbocycles. The lowest BCUT2D eigenvalue weighted by Crippen LogP contribution is -2.13. The number of rotatable bonds is 6. The minimum absolute atomic E-state index is 0.0273. The Morgan fingerprint density at radius 3 is 2.60 bits per heavy atom. The number of hydrogen-bond donors (Lipinski definition) is 1. The van der Waals surface area contributed by atoms with Crippen LogP contribution in [0.3, 0.4) is 0 Å². The molecule has 0 rings (SSSR count). The average molecular weight is 212 g/mol. The van der Waals surface area contributed by atoms with Crippen LogP contribution in [-0.4, -0.2) is 17.0 Å². The van der Waals surface area contributed by atoms with Crippen LogP contribution in [0.2, 0.25) is 0 Å². The van der Waals surface area contributed by atoms with Gasteiger partial charge in [0.1, 0.15) is 0 Å². The van der Waals surface area contributed by atoms with Crippen LogP contribution in [0.15, 0.2) is 24.5 Å². The van der Waals surface area contributed by atoms with Crippen LogP contribution in [0.5, 0.6) is 0 Å². The zero-order chi connectivity index (χ0) is 11.8. The third-order valence-electron chi connectivity index (χ3n) is 1.73. The molecule has 0 bridgehead atoms. The SMILES string of the molecule is C=C(C)C=COC(=O)C(C)CCC(=O)O. The molecule has 0 fully saturated rings. The first-order chi connectivity index (χ1) is 6.93. The summed E-state index contributed by atoms with van der Waals surface area (Å²) in [6.07, 6.45) is 3.10. The van der Waals surface area contributed by atoms with Gasteiger partial charge in [-0.15, -0.1) is 0 Å². The first-order valence-corrected chi connectivity index (χ1v) is 4.68. The predicted molar refractivity (Wildman–Crippen MR) is 56.1 cm³/mol. The lowest BCUT2D eigenvalue weighted by Gasteiger charge is -2.06. The van der Waals surface area contributed by atoms with E-state index < -0.39 is 17.9 Å². The van der Waals surface area contributed by atoms with Crippen LogP contribution >= 0.6 is 0 Å². The van der Waals surface area contributed by atoms with Crippen molar-refractivity contribution in [3.05, 3.63) is 24.5 Å². The molecule has 1 atom stereocenters. The smallest absolute Gasteiger partial charge is 0.313 e. The standard InChI is InChI=1S/C11H16O4/c1-8(2)6-7-15-11(14)9(3)4-5-10(12)13/h6-7,9H,1,4-5H2,2-3H3,(H,12,13). The number of allylic oxidation sites excluding steroid dienone is 2. The van der Waals surface area contributed by atoms with Gasteiger partial charge >= 0.3 is 11.9 Å². The van der Waals surface area contributed by atoms with Gasteiger partial charge in [-0.25, -0.2) is 0 Å². The van der Waals surface area contributed by atoms with Crippen molar-refractivity contribution in [3.63, 3.8) is 0 Å². The van der Waals surface area contributed by atoms with E-state index in [1.165, 1.54) is 6.26 Å². The van der Waals surface area contributed by atoms with Crippen molar-refractivity contribution < 1.29 is 19.4 Å². The van der Waals surface area contributed by atoms with Crippen molar-refractivity contribution in [2.24, 2.45) is 5.92 Å². The van der Waals surface area contributed by atoms with Crippen LogP contribution in [0.25, 0.3) is 0 Å². The maximum Gasteiger partial charge on any atom is 0.313 e. The fourth-order valence-electron chi connectivity index (χ4n) is 0.791. The summed E-state index contributed by atoms with van der Waals surface area (Å²) in [5, 5.41) is 8.42. The zero-order valence-electron chi connectivity index (χ0n) is 9.03. The van der Waals surface area contributed by atoms with Gasteiger partial charge in [-0.3, -0.25) is 9.59 Å². The first kappa shape index (κ1) is 13.4. The molecule has 4 nitrogen and oxygen atoms in total. The van der Waals surface area contributed by atoms with E-state index in [0.717, 1.165) is 5.57 Å². The summed E-state index contributed by atoms with van der Waals surface area (Å²) < 4.78 is 4.77. The van der Waals surface area contributed by atoms with E-state index >= 15 is 0 Å². The van der Waals surface area contributed by atoms with Gasteiger partial charge in [0.05, 0.1) is 12.2 Å². The number of hydrogen-bond acceptors (Lipinski definition) is 3. The lowest BCUT2D eigenvalue weighted by molar-refractivity contribution is -0.143. The molecule has 0 saturated heterocycles. The summed E-state index contributed by atoms with van der Waals surface area (Å²) in [6.45, 7) is 7.02. The molecular formula is C11H16O4. The molecule has 0 aromatic heterocycles. The molecule has 0 aliphatic heterocycles. The maximum atomic E-state index is 11.2. The molecule has 0 aliphatic carbocycles. The van der Waals surface area contributed by atoms with E-state index in [1.807, 2.05) is 0 Å². The Morgan fingerprint density at radius 2 is 2.13 bits per heavy atom. The molecular weight excluding hydrogens is 196 g/mol. The van der Waals surface area contributed by atoms with Crippen molar-refractivity contribution >= 4 is 11.9 Å².